The van der Waals surface area contributed by atoms with Gasteiger partial charge in [0.1, 0.15) is 5.75 Å². The van der Waals surface area contributed by atoms with Crippen LogP contribution in [0.25, 0.3) is 0 Å². The van der Waals surface area contributed by atoms with Gasteiger partial charge in [-0.1, -0.05) is 30.3 Å². The number of rotatable bonds is 8. The SMILES string of the molecule is CC(=O)Oc1cc(C)cc(C(=O)NC(Cc2ccccc2)C(OC(C)=O)C(=O)O)c1C. The Labute approximate surface area is 180 Å². The van der Waals surface area contributed by atoms with Crippen LogP contribution in [0, 0.1) is 13.8 Å². The van der Waals surface area contributed by atoms with Crippen molar-refractivity contribution < 1.29 is 33.8 Å². The van der Waals surface area contributed by atoms with Crippen LogP contribution in [0.15, 0.2) is 42.5 Å². The number of amides is 1. The van der Waals surface area contributed by atoms with E-state index < -0.39 is 36.0 Å². The maximum absolute atomic E-state index is 13.1. The van der Waals surface area contributed by atoms with E-state index in [4.69, 9.17) is 9.47 Å². The highest BCUT2D eigenvalue weighted by molar-refractivity contribution is 5.97. The van der Waals surface area contributed by atoms with E-state index in [0.29, 0.717) is 11.1 Å². The number of carboxylic acids is 1. The molecule has 0 aromatic heterocycles. The zero-order valence-corrected chi connectivity index (χ0v) is 17.8. The molecule has 0 saturated carbocycles. The number of carboxylic acid groups (broad SMARTS) is 1. The monoisotopic (exact) mass is 427 g/mol. The zero-order chi connectivity index (χ0) is 23.1. The van der Waals surface area contributed by atoms with Crippen LogP contribution in [0.1, 0.15) is 40.9 Å². The van der Waals surface area contributed by atoms with E-state index in [9.17, 15) is 24.3 Å². The average Bonchev–Trinajstić information content (AvgIpc) is 2.68. The van der Waals surface area contributed by atoms with Gasteiger partial charge >= 0.3 is 17.9 Å². The molecule has 0 aliphatic heterocycles. The summed E-state index contributed by atoms with van der Waals surface area (Å²) in [5, 5.41) is 12.3. The Balaban J connectivity index is 2.40. The Kier molecular flexibility index (Phi) is 7.90. The Bertz CT molecular complexity index is 985. The topological polar surface area (TPSA) is 119 Å². The third-order valence-corrected chi connectivity index (χ3v) is 4.52. The highest BCUT2D eigenvalue weighted by Crippen LogP contribution is 2.24. The number of hydrogen-bond donors (Lipinski definition) is 2. The Morgan fingerprint density at radius 1 is 1.00 bits per heavy atom. The summed E-state index contributed by atoms with van der Waals surface area (Å²) >= 11 is 0. The lowest BCUT2D eigenvalue weighted by molar-refractivity contribution is -0.164. The van der Waals surface area contributed by atoms with Crippen molar-refractivity contribution in [3.63, 3.8) is 0 Å². The van der Waals surface area contributed by atoms with Crippen molar-refractivity contribution in [1.82, 2.24) is 5.32 Å². The van der Waals surface area contributed by atoms with Crippen LogP contribution >= 0.6 is 0 Å². The number of hydrogen-bond acceptors (Lipinski definition) is 6. The molecule has 0 radical (unpaired) electrons. The van der Waals surface area contributed by atoms with Crippen LogP contribution in [-0.2, 0) is 25.5 Å². The zero-order valence-electron chi connectivity index (χ0n) is 17.8. The van der Waals surface area contributed by atoms with Crippen LogP contribution in [0.3, 0.4) is 0 Å². The third kappa shape index (κ3) is 6.67. The van der Waals surface area contributed by atoms with Crippen LogP contribution in [-0.4, -0.2) is 41.1 Å². The molecule has 2 unspecified atom stereocenters. The first-order valence-corrected chi connectivity index (χ1v) is 9.63. The molecule has 2 aromatic carbocycles. The van der Waals surface area contributed by atoms with E-state index in [-0.39, 0.29) is 17.7 Å². The number of nitrogens with one attached hydrogen (secondary N) is 1. The van der Waals surface area contributed by atoms with Gasteiger partial charge in [0.15, 0.2) is 0 Å². The standard InChI is InChI=1S/C23H25NO7/c1-13-10-18(14(2)20(11-13)30-15(3)25)22(27)24-19(12-17-8-6-5-7-9-17)21(23(28)29)31-16(4)26/h5-11,19,21H,12H2,1-4H3,(H,24,27)(H,28,29). The minimum absolute atomic E-state index is 0.124. The fraction of sp³-hybridized carbons (Fsp3) is 0.304. The Morgan fingerprint density at radius 3 is 2.19 bits per heavy atom. The van der Waals surface area contributed by atoms with E-state index in [2.05, 4.69) is 5.32 Å². The van der Waals surface area contributed by atoms with Gasteiger partial charge in [0.05, 0.1) is 6.04 Å². The van der Waals surface area contributed by atoms with Crippen molar-refractivity contribution in [2.24, 2.45) is 0 Å². The minimum atomic E-state index is -1.58. The second-order valence-corrected chi connectivity index (χ2v) is 7.17. The molecule has 8 heteroatoms. The number of aliphatic carboxylic acids is 1. The van der Waals surface area contributed by atoms with Gasteiger partial charge in [-0.15, -0.1) is 0 Å². The smallest absolute Gasteiger partial charge is 0.347 e. The molecule has 0 saturated heterocycles. The van der Waals surface area contributed by atoms with Crippen LogP contribution in [0.5, 0.6) is 5.75 Å². The van der Waals surface area contributed by atoms with E-state index in [0.717, 1.165) is 12.5 Å². The fourth-order valence-corrected chi connectivity index (χ4v) is 3.15. The first-order valence-electron chi connectivity index (χ1n) is 9.63. The highest BCUT2D eigenvalue weighted by Gasteiger charge is 2.33. The number of benzene rings is 2. The largest absolute Gasteiger partial charge is 0.478 e. The summed E-state index contributed by atoms with van der Waals surface area (Å²) in [6.07, 6.45) is -1.46. The molecule has 0 spiro atoms. The van der Waals surface area contributed by atoms with Crippen molar-refractivity contribution >= 4 is 23.8 Å². The van der Waals surface area contributed by atoms with Gasteiger partial charge in [-0.2, -0.15) is 0 Å². The third-order valence-electron chi connectivity index (χ3n) is 4.52. The van der Waals surface area contributed by atoms with Gasteiger partial charge in [-0.3, -0.25) is 14.4 Å². The van der Waals surface area contributed by atoms with Crippen molar-refractivity contribution in [2.75, 3.05) is 0 Å². The molecular weight excluding hydrogens is 402 g/mol. The summed E-state index contributed by atoms with van der Waals surface area (Å²) in [5.74, 6) is -3.01. The molecule has 8 nitrogen and oxygen atoms in total. The van der Waals surface area contributed by atoms with Crippen molar-refractivity contribution in [3.8, 4) is 5.75 Å². The van der Waals surface area contributed by atoms with E-state index >= 15 is 0 Å². The summed E-state index contributed by atoms with van der Waals surface area (Å²) in [5.41, 5.74) is 2.09. The molecule has 164 valence electrons. The first kappa shape index (κ1) is 23.6. The summed E-state index contributed by atoms with van der Waals surface area (Å²) < 4.78 is 10.2. The molecule has 2 rings (SSSR count). The molecule has 2 atom stereocenters. The molecule has 0 aliphatic rings. The average molecular weight is 427 g/mol. The van der Waals surface area contributed by atoms with Gasteiger partial charge in [-0.05, 0) is 43.5 Å². The van der Waals surface area contributed by atoms with Gasteiger partial charge < -0.3 is 19.9 Å². The van der Waals surface area contributed by atoms with Crippen LogP contribution in [0.4, 0.5) is 0 Å². The number of carbonyl (C=O) groups is 4. The highest BCUT2D eigenvalue weighted by atomic mass is 16.6. The quantitative estimate of drug-likeness (QED) is 0.491. The number of esters is 2. The molecule has 2 N–H and O–H groups in total. The summed E-state index contributed by atoms with van der Waals surface area (Å²) in [6.45, 7) is 5.73. The lowest BCUT2D eigenvalue weighted by Crippen LogP contribution is -2.50. The molecule has 31 heavy (non-hydrogen) atoms. The minimum Gasteiger partial charge on any atom is -0.478 e. The molecule has 0 bridgehead atoms. The van der Waals surface area contributed by atoms with E-state index in [1.54, 1.807) is 50.2 Å². The predicted octanol–water partition coefficient (Wildman–Crippen LogP) is 2.59. The van der Waals surface area contributed by atoms with Crippen molar-refractivity contribution in [1.29, 1.82) is 0 Å². The summed E-state index contributed by atoms with van der Waals surface area (Å²) in [6, 6.07) is 11.1. The van der Waals surface area contributed by atoms with Gasteiger partial charge in [0, 0.05) is 25.0 Å². The van der Waals surface area contributed by atoms with Crippen LogP contribution < -0.4 is 10.1 Å². The number of carbonyl (C=O) groups excluding carboxylic acids is 3. The molecule has 0 heterocycles. The summed E-state index contributed by atoms with van der Waals surface area (Å²) in [4.78, 5) is 47.7. The maximum atomic E-state index is 13.1. The normalized spacial score (nSPS) is 12.4. The first-order chi connectivity index (χ1) is 14.6. The maximum Gasteiger partial charge on any atom is 0.347 e. The van der Waals surface area contributed by atoms with Crippen molar-refractivity contribution in [2.45, 2.75) is 46.3 Å². The van der Waals surface area contributed by atoms with Gasteiger partial charge in [0.2, 0.25) is 6.10 Å². The summed E-state index contributed by atoms with van der Waals surface area (Å²) in [7, 11) is 0. The molecule has 0 aliphatic carbocycles. The molecule has 0 fully saturated rings. The van der Waals surface area contributed by atoms with Gasteiger partial charge in [0.25, 0.3) is 5.91 Å². The van der Waals surface area contributed by atoms with Crippen molar-refractivity contribution in [3.05, 3.63) is 64.7 Å². The predicted molar refractivity (Wildman–Crippen MR) is 112 cm³/mol. The fourth-order valence-electron chi connectivity index (χ4n) is 3.15. The van der Waals surface area contributed by atoms with Gasteiger partial charge in [-0.25, -0.2) is 4.79 Å². The van der Waals surface area contributed by atoms with E-state index in [1.807, 2.05) is 6.07 Å². The Morgan fingerprint density at radius 2 is 1.65 bits per heavy atom. The molecule has 2 aromatic rings. The number of ether oxygens (including phenoxy) is 2. The van der Waals surface area contributed by atoms with Crippen LogP contribution in [0.2, 0.25) is 0 Å². The lowest BCUT2D eigenvalue weighted by Gasteiger charge is -2.25. The lowest BCUT2D eigenvalue weighted by atomic mass is 9.99. The Hall–Kier alpha value is -3.68. The second-order valence-electron chi connectivity index (χ2n) is 7.17. The molecular formula is C23H25NO7. The number of aryl methyl sites for hydroxylation is 1. The van der Waals surface area contributed by atoms with E-state index in [1.165, 1.54) is 6.92 Å². The second kappa shape index (κ2) is 10.4. The molecule has 1 amide bonds.